The van der Waals surface area contributed by atoms with E-state index in [-0.39, 0.29) is 5.97 Å². The summed E-state index contributed by atoms with van der Waals surface area (Å²) in [5, 5.41) is 0. The molecule has 0 fully saturated rings. The highest BCUT2D eigenvalue weighted by Gasteiger charge is 2.20. The molecule has 0 N–H and O–H groups in total. The molecule has 2 aromatic heterocycles. The highest BCUT2D eigenvalue weighted by Crippen LogP contribution is 2.27. The summed E-state index contributed by atoms with van der Waals surface area (Å²) in [4.78, 5) is 17.6. The lowest BCUT2D eigenvalue weighted by Gasteiger charge is -2.05. The lowest BCUT2D eigenvalue weighted by molar-refractivity contribution is 0.0531. The summed E-state index contributed by atoms with van der Waals surface area (Å²) < 4.78 is 7.08. The maximum atomic E-state index is 11.8. The third kappa shape index (κ3) is 1.95. The minimum atomic E-state index is -0.254. The Bertz CT molecular complexity index is 554. The lowest BCUT2D eigenvalue weighted by Crippen LogP contribution is -2.05. The van der Waals surface area contributed by atoms with Crippen LogP contribution in [0, 0.1) is 6.92 Å². The van der Waals surface area contributed by atoms with Crippen molar-refractivity contribution >= 4 is 22.3 Å². The molecule has 2 heterocycles. The Hall–Kier alpha value is -1.36. The quantitative estimate of drug-likeness (QED) is 0.789. The molecule has 0 bridgehead atoms. The second-order valence-corrected chi connectivity index (χ2v) is 5.17. The molecule has 2 aromatic rings. The number of aromatic nitrogens is 2. The molecule has 0 aromatic carbocycles. The number of ether oxygens (including phenoxy) is 1. The van der Waals surface area contributed by atoms with Crippen molar-refractivity contribution in [2.45, 2.75) is 33.6 Å². The molecule has 0 atom stereocenters. The van der Waals surface area contributed by atoms with Crippen molar-refractivity contribution in [2.24, 2.45) is 0 Å². The number of esters is 1. The average molecular weight is 252 g/mol. The van der Waals surface area contributed by atoms with Gasteiger partial charge in [-0.05, 0) is 19.8 Å². The van der Waals surface area contributed by atoms with Crippen molar-refractivity contribution in [3.8, 4) is 0 Å². The van der Waals surface area contributed by atoms with Crippen molar-refractivity contribution in [3.05, 3.63) is 22.5 Å². The molecule has 2 rings (SSSR count). The van der Waals surface area contributed by atoms with Gasteiger partial charge >= 0.3 is 5.97 Å². The zero-order valence-electron chi connectivity index (χ0n) is 10.5. The molecular weight excluding hydrogens is 236 g/mol. The first kappa shape index (κ1) is 12.1. The first-order chi connectivity index (χ1) is 8.06. The van der Waals surface area contributed by atoms with Gasteiger partial charge in [0.15, 0.2) is 4.96 Å². The van der Waals surface area contributed by atoms with Crippen molar-refractivity contribution in [1.29, 1.82) is 0 Å². The number of nitrogens with zero attached hydrogens (tertiary/aromatic N) is 2. The van der Waals surface area contributed by atoms with Crippen LogP contribution in [-0.4, -0.2) is 22.0 Å². The largest absolute Gasteiger partial charge is 0.462 e. The fourth-order valence-electron chi connectivity index (χ4n) is 1.82. The van der Waals surface area contributed by atoms with E-state index in [4.69, 9.17) is 4.74 Å². The van der Waals surface area contributed by atoms with Gasteiger partial charge in [-0.15, -0.1) is 0 Å². The van der Waals surface area contributed by atoms with Crippen LogP contribution in [0.5, 0.6) is 0 Å². The second kappa shape index (κ2) is 4.49. The third-order valence-electron chi connectivity index (χ3n) is 2.67. The number of hydrogen-bond donors (Lipinski definition) is 0. The van der Waals surface area contributed by atoms with Crippen LogP contribution in [-0.2, 0) is 4.74 Å². The number of fused-ring (bicyclic) bond motifs is 1. The topological polar surface area (TPSA) is 43.6 Å². The molecule has 0 radical (unpaired) electrons. The fraction of sp³-hybridized carbons (Fsp3) is 0.500. The van der Waals surface area contributed by atoms with Crippen LogP contribution in [0.3, 0.4) is 0 Å². The van der Waals surface area contributed by atoms with Crippen molar-refractivity contribution in [3.63, 3.8) is 0 Å². The Kier molecular flexibility index (Phi) is 3.19. The molecule has 0 aliphatic carbocycles. The van der Waals surface area contributed by atoms with E-state index in [0.717, 1.165) is 16.3 Å². The maximum absolute atomic E-state index is 11.8. The minimum Gasteiger partial charge on any atom is -0.462 e. The van der Waals surface area contributed by atoms with Crippen LogP contribution in [0.15, 0.2) is 6.20 Å². The molecule has 4 nitrogen and oxygen atoms in total. The van der Waals surface area contributed by atoms with E-state index in [1.54, 1.807) is 0 Å². The molecule has 0 saturated carbocycles. The van der Waals surface area contributed by atoms with E-state index in [9.17, 15) is 4.79 Å². The zero-order valence-corrected chi connectivity index (χ0v) is 11.3. The van der Waals surface area contributed by atoms with Crippen LogP contribution >= 0.6 is 11.3 Å². The van der Waals surface area contributed by atoms with E-state index in [2.05, 4.69) is 18.8 Å². The van der Waals surface area contributed by atoms with Gasteiger partial charge in [0.1, 0.15) is 4.88 Å². The van der Waals surface area contributed by atoms with Gasteiger partial charge in [-0.2, -0.15) is 0 Å². The summed E-state index contributed by atoms with van der Waals surface area (Å²) >= 11 is 1.39. The molecule has 92 valence electrons. The summed E-state index contributed by atoms with van der Waals surface area (Å²) in [7, 11) is 0. The van der Waals surface area contributed by atoms with Crippen LogP contribution < -0.4 is 0 Å². The number of thiazole rings is 1. The van der Waals surface area contributed by atoms with Gasteiger partial charge in [0.25, 0.3) is 0 Å². The molecular formula is C12H16N2O2S. The van der Waals surface area contributed by atoms with Gasteiger partial charge in [-0.3, -0.25) is 4.40 Å². The zero-order chi connectivity index (χ0) is 12.6. The average Bonchev–Trinajstić information content (AvgIpc) is 2.79. The predicted molar refractivity (Wildman–Crippen MR) is 67.9 cm³/mol. The van der Waals surface area contributed by atoms with Crippen LogP contribution in [0.25, 0.3) is 4.96 Å². The first-order valence-corrected chi connectivity index (χ1v) is 6.51. The standard InChI is InChI=1S/C12H16N2O2S/c1-5-16-11(15)10-8(4)14-9(7(2)3)6-13-12(14)17-10/h6-7H,5H2,1-4H3. The second-order valence-electron chi connectivity index (χ2n) is 4.19. The Labute approximate surface area is 104 Å². The van der Waals surface area contributed by atoms with Gasteiger partial charge in [0, 0.05) is 11.4 Å². The Balaban J connectivity index is 2.54. The normalized spacial score (nSPS) is 11.4. The number of carbonyl (C=O) groups excluding carboxylic acids is 1. The van der Waals surface area contributed by atoms with E-state index in [0.29, 0.717) is 17.4 Å². The van der Waals surface area contributed by atoms with Gasteiger partial charge < -0.3 is 4.74 Å². The first-order valence-electron chi connectivity index (χ1n) is 5.70. The monoisotopic (exact) mass is 252 g/mol. The SMILES string of the molecule is CCOC(=O)c1sc2ncc(C(C)C)n2c1C. The van der Waals surface area contributed by atoms with Gasteiger partial charge in [0.05, 0.1) is 12.8 Å². The summed E-state index contributed by atoms with van der Waals surface area (Å²) in [5.41, 5.74) is 2.05. The smallest absolute Gasteiger partial charge is 0.350 e. The molecule has 0 saturated heterocycles. The lowest BCUT2D eigenvalue weighted by atomic mass is 10.1. The van der Waals surface area contributed by atoms with E-state index < -0.39 is 0 Å². The highest BCUT2D eigenvalue weighted by atomic mass is 32.1. The Morgan fingerprint density at radius 2 is 2.29 bits per heavy atom. The van der Waals surface area contributed by atoms with Gasteiger partial charge in [-0.1, -0.05) is 25.2 Å². The van der Waals surface area contributed by atoms with E-state index in [1.165, 1.54) is 11.3 Å². The van der Waals surface area contributed by atoms with Crippen molar-refractivity contribution in [1.82, 2.24) is 9.38 Å². The summed E-state index contributed by atoms with van der Waals surface area (Å²) in [6, 6.07) is 0. The van der Waals surface area contributed by atoms with Gasteiger partial charge in [-0.25, -0.2) is 9.78 Å². The third-order valence-corrected chi connectivity index (χ3v) is 3.80. The fourth-order valence-corrected chi connectivity index (χ4v) is 2.82. The molecule has 0 aliphatic rings. The van der Waals surface area contributed by atoms with E-state index >= 15 is 0 Å². The Morgan fingerprint density at radius 3 is 2.88 bits per heavy atom. The van der Waals surface area contributed by atoms with Crippen LogP contribution in [0.2, 0.25) is 0 Å². The number of hydrogen-bond acceptors (Lipinski definition) is 4. The summed E-state index contributed by atoms with van der Waals surface area (Å²) in [6.07, 6.45) is 1.87. The molecule has 0 spiro atoms. The predicted octanol–water partition coefficient (Wildman–Crippen LogP) is 3.00. The van der Waals surface area contributed by atoms with Crippen molar-refractivity contribution in [2.75, 3.05) is 6.61 Å². The highest BCUT2D eigenvalue weighted by molar-refractivity contribution is 7.19. The molecule has 0 amide bonds. The maximum Gasteiger partial charge on any atom is 0.350 e. The number of imidazole rings is 1. The van der Waals surface area contributed by atoms with Crippen molar-refractivity contribution < 1.29 is 9.53 Å². The summed E-state index contributed by atoms with van der Waals surface area (Å²) in [5.74, 6) is 0.128. The molecule has 0 aliphatic heterocycles. The molecule has 0 unspecified atom stereocenters. The number of rotatable bonds is 3. The Morgan fingerprint density at radius 1 is 1.59 bits per heavy atom. The molecule has 5 heteroatoms. The number of carbonyl (C=O) groups is 1. The van der Waals surface area contributed by atoms with Crippen LogP contribution in [0.1, 0.15) is 47.7 Å². The van der Waals surface area contributed by atoms with E-state index in [1.807, 2.05) is 24.4 Å². The van der Waals surface area contributed by atoms with Gasteiger partial charge in [0.2, 0.25) is 0 Å². The summed E-state index contributed by atoms with van der Waals surface area (Å²) in [6.45, 7) is 8.37. The number of aryl methyl sites for hydroxylation is 1. The molecule has 17 heavy (non-hydrogen) atoms. The van der Waals surface area contributed by atoms with Crippen LogP contribution in [0.4, 0.5) is 0 Å². The minimum absolute atomic E-state index is 0.254.